The van der Waals surface area contributed by atoms with Crippen molar-refractivity contribution >= 4 is 38.7 Å². The van der Waals surface area contributed by atoms with Crippen LogP contribution in [0.15, 0.2) is 33.2 Å². The van der Waals surface area contributed by atoms with Crippen LogP contribution >= 0.6 is 15.9 Å². The van der Waals surface area contributed by atoms with Crippen LogP contribution in [0.25, 0.3) is 11.0 Å². The summed E-state index contributed by atoms with van der Waals surface area (Å²) < 4.78 is 11.5. The quantitative estimate of drug-likeness (QED) is 0.715. The van der Waals surface area contributed by atoms with Crippen molar-refractivity contribution in [3.05, 3.63) is 34.5 Å². The fourth-order valence-electron chi connectivity index (χ4n) is 2.95. The normalized spacial score (nSPS) is 15.4. The maximum Gasteiger partial charge on any atom is 0.289 e. The number of ether oxygens (including phenoxy) is 1. The van der Waals surface area contributed by atoms with E-state index < -0.39 is 0 Å². The van der Waals surface area contributed by atoms with Gasteiger partial charge in [-0.2, -0.15) is 0 Å². The number of amides is 2. The first kappa shape index (κ1) is 18.9. The number of piperazine rings is 1. The second kappa shape index (κ2) is 8.66. The van der Waals surface area contributed by atoms with E-state index in [1.165, 1.54) is 0 Å². The van der Waals surface area contributed by atoms with Crippen LogP contribution in [0.3, 0.4) is 0 Å². The number of nitrogens with zero attached hydrogens (tertiary/aromatic N) is 2. The molecule has 26 heavy (non-hydrogen) atoms. The Balaban J connectivity index is 1.53. The van der Waals surface area contributed by atoms with Crippen LogP contribution in [0.4, 0.5) is 0 Å². The van der Waals surface area contributed by atoms with Crippen LogP contribution < -0.4 is 5.32 Å². The highest BCUT2D eigenvalue weighted by Crippen LogP contribution is 2.27. The van der Waals surface area contributed by atoms with Crippen molar-refractivity contribution in [1.29, 1.82) is 0 Å². The lowest BCUT2D eigenvalue weighted by Gasteiger charge is -2.33. The molecule has 2 heterocycles. The summed E-state index contributed by atoms with van der Waals surface area (Å²) in [5.41, 5.74) is 0.683. The molecule has 1 aliphatic rings. The second-order valence-corrected chi connectivity index (χ2v) is 7.03. The first-order valence-electron chi connectivity index (χ1n) is 8.54. The topological polar surface area (TPSA) is 75.0 Å². The van der Waals surface area contributed by atoms with Crippen molar-refractivity contribution in [3.8, 4) is 0 Å². The lowest BCUT2D eigenvalue weighted by Crippen LogP contribution is -2.51. The van der Waals surface area contributed by atoms with Gasteiger partial charge in [-0.05, 0) is 28.1 Å². The Morgan fingerprint density at radius 1 is 1.27 bits per heavy atom. The minimum atomic E-state index is -0.114. The molecule has 1 aliphatic heterocycles. The molecule has 0 atom stereocenters. The largest absolute Gasteiger partial charge is 0.450 e. The Kier molecular flexibility index (Phi) is 6.29. The number of methoxy groups -OCH3 is 1. The smallest absolute Gasteiger partial charge is 0.289 e. The molecule has 0 unspecified atom stereocenters. The standard InChI is InChI=1S/C18H22BrN3O4/c1-25-10-5-20-16(23)12-21-6-8-22(9-7-21)18(24)15-11-13-3-2-4-14(19)17(13)26-15/h2-4,11H,5-10,12H2,1H3,(H,20,23). The van der Waals surface area contributed by atoms with Crippen molar-refractivity contribution in [2.75, 3.05) is 53.0 Å². The summed E-state index contributed by atoms with van der Waals surface area (Å²) in [6.45, 7) is 3.81. The number of carbonyl (C=O) groups excluding carboxylic acids is 2. The lowest BCUT2D eigenvalue weighted by atomic mass is 10.2. The monoisotopic (exact) mass is 423 g/mol. The molecule has 3 rings (SSSR count). The van der Waals surface area contributed by atoms with Gasteiger partial charge in [-0.25, -0.2) is 0 Å². The van der Waals surface area contributed by atoms with Gasteiger partial charge >= 0.3 is 0 Å². The van der Waals surface area contributed by atoms with Gasteiger partial charge < -0.3 is 19.4 Å². The van der Waals surface area contributed by atoms with Crippen LogP contribution in [-0.4, -0.2) is 74.6 Å². The molecule has 0 saturated carbocycles. The number of hydrogen-bond acceptors (Lipinski definition) is 5. The molecular formula is C18H22BrN3O4. The van der Waals surface area contributed by atoms with Crippen molar-refractivity contribution in [2.24, 2.45) is 0 Å². The SMILES string of the molecule is COCCNC(=O)CN1CCN(C(=O)c2cc3cccc(Br)c3o2)CC1. The Bertz CT molecular complexity index is 784. The molecule has 1 fully saturated rings. The van der Waals surface area contributed by atoms with Crippen LogP contribution in [0.1, 0.15) is 10.6 Å². The maximum atomic E-state index is 12.7. The molecule has 7 nitrogen and oxygen atoms in total. The fraction of sp³-hybridized carbons (Fsp3) is 0.444. The summed E-state index contributed by atoms with van der Waals surface area (Å²) in [6.07, 6.45) is 0. The molecule has 2 amide bonds. The van der Waals surface area contributed by atoms with Gasteiger partial charge in [-0.15, -0.1) is 0 Å². The van der Waals surface area contributed by atoms with Gasteiger partial charge in [0.2, 0.25) is 5.91 Å². The van der Waals surface area contributed by atoms with Gasteiger partial charge in [0.15, 0.2) is 5.76 Å². The third kappa shape index (κ3) is 4.44. The zero-order valence-electron chi connectivity index (χ0n) is 14.7. The average molecular weight is 424 g/mol. The zero-order chi connectivity index (χ0) is 18.5. The first-order chi connectivity index (χ1) is 12.6. The van der Waals surface area contributed by atoms with E-state index in [2.05, 4.69) is 21.2 Å². The molecule has 140 valence electrons. The van der Waals surface area contributed by atoms with Gasteiger partial charge in [0, 0.05) is 45.2 Å². The second-order valence-electron chi connectivity index (χ2n) is 6.18. The van der Waals surface area contributed by atoms with Crippen LogP contribution in [0.5, 0.6) is 0 Å². The number of halogens is 1. The highest BCUT2D eigenvalue weighted by atomic mass is 79.9. The number of hydrogen-bond donors (Lipinski definition) is 1. The summed E-state index contributed by atoms with van der Waals surface area (Å²) in [5.74, 6) is 0.207. The number of rotatable bonds is 6. The van der Waals surface area contributed by atoms with Crippen molar-refractivity contribution in [3.63, 3.8) is 0 Å². The van der Waals surface area contributed by atoms with E-state index in [-0.39, 0.29) is 11.8 Å². The molecule has 8 heteroatoms. The predicted molar refractivity (Wildman–Crippen MR) is 101 cm³/mol. The summed E-state index contributed by atoms with van der Waals surface area (Å²) in [4.78, 5) is 28.3. The van der Waals surface area contributed by atoms with E-state index in [0.29, 0.717) is 57.2 Å². The molecule has 0 bridgehead atoms. The molecule has 0 aliphatic carbocycles. The summed E-state index contributed by atoms with van der Waals surface area (Å²) >= 11 is 3.44. The molecule has 1 N–H and O–H groups in total. The van der Waals surface area contributed by atoms with Crippen LogP contribution in [0, 0.1) is 0 Å². The molecule has 2 aromatic rings. The van der Waals surface area contributed by atoms with E-state index in [9.17, 15) is 9.59 Å². The Labute approximate surface area is 160 Å². The van der Waals surface area contributed by atoms with E-state index >= 15 is 0 Å². The first-order valence-corrected chi connectivity index (χ1v) is 9.33. The van der Waals surface area contributed by atoms with Crippen molar-refractivity contribution in [1.82, 2.24) is 15.1 Å². The van der Waals surface area contributed by atoms with Gasteiger partial charge in [0.05, 0.1) is 17.6 Å². The molecule has 1 aromatic heterocycles. The van der Waals surface area contributed by atoms with E-state index in [1.54, 1.807) is 18.1 Å². The average Bonchev–Trinajstić information content (AvgIpc) is 3.08. The number of para-hydroxylation sites is 1. The highest BCUT2D eigenvalue weighted by molar-refractivity contribution is 9.10. The minimum absolute atomic E-state index is 0.0241. The number of fused-ring (bicyclic) bond motifs is 1. The Morgan fingerprint density at radius 2 is 2.04 bits per heavy atom. The fourth-order valence-corrected chi connectivity index (χ4v) is 3.41. The Hall–Kier alpha value is -1.90. The van der Waals surface area contributed by atoms with E-state index in [4.69, 9.17) is 9.15 Å². The van der Waals surface area contributed by atoms with Gasteiger partial charge in [0.1, 0.15) is 5.58 Å². The zero-order valence-corrected chi connectivity index (χ0v) is 16.3. The third-order valence-electron chi connectivity index (χ3n) is 4.36. The molecule has 1 aromatic carbocycles. The van der Waals surface area contributed by atoms with E-state index in [1.807, 2.05) is 23.1 Å². The predicted octanol–water partition coefficient (Wildman–Crippen LogP) is 1.72. The summed E-state index contributed by atoms with van der Waals surface area (Å²) in [7, 11) is 1.60. The number of furan rings is 1. The van der Waals surface area contributed by atoms with Crippen molar-refractivity contribution in [2.45, 2.75) is 0 Å². The van der Waals surface area contributed by atoms with Gasteiger partial charge in [-0.1, -0.05) is 12.1 Å². The van der Waals surface area contributed by atoms with E-state index in [0.717, 1.165) is 9.86 Å². The van der Waals surface area contributed by atoms with Crippen LogP contribution in [0.2, 0.25) is 0 Å². The highest BCUT2D eigenvalue weighted by Gasteiger charge is 2.25. The molecule has 1 saturated heterocycles. The molecule has 0 spiro atoms. The number of benzene rings is 1. The lowest BCUT2D eigenvalue weighted by molar-refractivity contribution is -0.122. The van der Waals surface area contributed by atoms with Crippen molar-refractivity contribution < 1.29 is 18.7 Å². The number of carbonyl (C=O) groups is 2. The summed E-state index contributed by atoms with van der Waals surface area (Å²) in [5, 5.41) is 3.70. The third-order valence-corrected chi connectivity index (χ3v) is 4.99. The van der Waals surface area contributed by atoms with Gasteiger partial charge in [-0.3, -0.25) is 14.5 Å². The van der Waals surface area contributed by atoms with Gasteiger partial charge in [0.25, 0.3) is 5.91 Å². The molecular weight excluding hydrogens is 402 g/mol. The molecule has 0 radical (unpaired) electrons. The Morgan fingerprint density at radius 3 is 2.73 bits per heavy atom. The summed E-state index contributed by atoms with van der Waals surface area (Å²) in [6, 6.07) is 7.49. The number of nitrogens with one attached hydrogen (secondary N) is 1. The van der Waals surface area contributed by atoms with Crippen LogP contribution in [-0.2, 0) is 9.53 Å². The minimum Gasteiger partial charge on any atom is -0.450 e. The maximum absolute atomic E-state index is 12.7.